The van der Waals surface area contributed by atoms with Crippen LogP contribution in [-0.4, -0.2) is 51.7 Å². The lowest BCUT2D eigenvalue weighted by molar-refractivity contribution is 0.0525. The monoisotopic (exact) mass is 672 g/mol. The van der Waals surface area contributed by atoms with Gasteiger partial charge < -0.3 is 24.3 Å². The van der Waals surface area contributed by atoms with Crippen molar-refractivity contribution in [1.82, 2.24) is 9.88 Å². The molecular weight excluding hydrogens is 628 g/mol. The van der Waals surface area contributed by atoms with Gasteiger partial charge in [-0.15, -0.1) is 11.3 Å². The normalized spacial score (nSPS) is 12.9. The summed E-state index contributed by atoms with van der Waals surface area (Å²) < 4.78 is 25.9. The van der Waals surface area contributed by atoms with Gasteiger partial charge in [0.15, 0.2) is 5.75 Å². The maximum Gasteiger partial charge on any atom is 0.407 e. The second-order valence-corrected chi connectivity index (χ2v) is 20.8. The minimum absolute atomic E-state index is 0.0456. The summed E-state index contributed by atoms with van der Waals surface area (Å²) in [6.07, 6.45) is -0.440. The minimum atomic E-state index is -1.31. The van der Waals surface area contributed by atoms with Crippen LogP contribution >= 0.6 is 22.9 Å². The quantitative estimate of drug-likeness (QED) is 0.127. The number of nitrogens with one attached hydrogen (secondary N) is 1. The first-order chi connectivity index (χ1) is 21.1. The van der Waals surface area contributed by atoms with E-state index in [1.54, 1.807) is 18.8 Å². The molecule has 244 valence electrons. The molecule has 0 fully saturated rings. The molecule has 0 saturated carbocycles. The number of thiophene rings is 1. The maximum absolute atomic E-state index is 14.0. The Bertz CT molecular complexity index is 1750. The summed E-state index contributed by atoms with van der Waals surface area (Å²) in [5, 5.41) is 4.35. The molecule has 1 atom stereocenters. The van der Waals surface area contributed by atoms with Crippen molar-refractivity contribution in [2.45, 2.75) is 78.6 Å². The first-order valence-corrected chi connectivity index (χ1v) is 20.0. The number of aromatic nitrogens is 1. The number of rotatable bonds is 11. The summed E-state index contributed by atoms with van der Waals surface area (Å²) in [5.41, 5.74) is 3.70. The standard InChI is InChI=1S/C34H45ClN2O6SSi/c1-20-17-24(40-6)25(23-13-11-22(12-14-23)21(2)18-36-33(39)43-34(3,4)5)26-27-29(41-7)31(35)44-30(27)32(38)37(28(20)26)19-42-15-16-45(8,9)10/h11-14,17,21H,15-16,18-19H2,1-10H3,(H,36,39). The van der Waals surface area contributed by atoms with Gasteiger partial charge in [0.05, 0.1) is 25.1 Å². The molecule has 4 rings (SSSR count). The van der Waals surface area contributed by atoms with Gasteiger partial charge in [-0.1, -0.05) is 62.4 Å². The van der Waals surface area contributed by atoms with Gasteiger partial charge in [0, 0.05) is 32.2 Å². The third-order valence-electron chi connectivity index (χ3n) is 7.60. The van der Waals surface area contributed by atoms with Gasteiger partial charge in [-0.2, -0.15) is 0 Å². The van der Waals surface area contributed by atoms with Crippen molar-refractivity contribution >= 4 is 58.1 Å². The molecule has 0 saturated heterocycles. The van der Waals surface area contributed by atoms with Crippen LogP contribution in [0.4, 0.5) is 4.79 Å². The van der Waals surface area contributed by atoms with E-state index in [4.69, 9.17) is 30.5 Å². The topological polar surface area (TPSA) is 88.0 Å². The molecule has 0 aliphatic heterocycles. The number of carbonyl (C=O) groups is 1. The van der Waals surface area contributed by atoms with Gasteiger partial charge >= 0.3 is 6.09 Å². The molecule has 1 unspecified atom stereocenters. The third-order valence-corrected chi connectivity index (χ3v) is 10.7. The van der Waals surface area contributed by atoms with E-state index in [0.29, 0.717) is 39.1 Å². The van der Waals surface area contributed by atoms with Crippen LogP contribution in [0.3, 0.4) is 0 Å². The number of benzene rings is 2. The predicted octanol–water partition coefficient (Wildman–Crippen LogP) is 8.80. The van der Waals surface area contributed by atoms with E-state index in [1.165, 1.54) is 11.3 Å². The fourth-order valence-electron chi connectivity index (χ4n) is 5.29. The largest absolute Gasteiger partial charge is 0.496 e. The van der Waals surface area contributed by atoms with Crippen molar-refractivity contribution in [2.24, 2.45) is 0 Å². The third kappa shape index (κ3) is 7.85. The first kappa shape index (κ1) is 34.8. The molecule has 4 aromatic rings. The number of hydrogen-bond acceptors (Lipinski definition) is 7. The fourth-order valence-corrected chi connectivity index (χ4v) is 7.40. The lowest BCUT2D eigenvalue weighted by Gasteiger charge is -2.22. The average molecular weight is 673 g/mol. The number of aryl methyl sites for hydroxylation is 1. The van der Waals surface area contributed by atoms with E-state index in [2.05, 4.69) is 31.9 Å². The Hall–Kier alpha value is -3.05. The molecule has 0 aliphatic rings. The summed E-state index contributed by atoms with van der Waals surface area (Å²) in [7, 11) is 1.90. The lowest BCUT2D eigenvalue weighted by Crippen LogP contribution is -2.34. The van der Waals surface area contributed by atoms with Gasteiger partial charge in [0.25, 0.3) is 5.56 Å². The first-order valence-electron chi connectivity index (χ1n) is 15.1. The second kappa shape index (κ2) is 13.7. The van der Waals surface area contributed by atoms with E-state index < -0.39 is 19.8 Å². The fraction of sp³-hybridized carbons (Fsp3) is 0.471. The highest BCUT2D eigenvalue weighted by atomic mass is 35.5. The van der Waals surface area contributed by atoms with Gasteiger partial charge in [0.1, 0.15) is 27.1 Å². The number of ether oxygens (including phenoxy) is 4. The number of alkyl carbamates (subject to hydrolysis) is 1. The van der Waals surface area contributed by atoms with Gasteiger partial charge in [0.2, 0.25) is 0 Å². The summed E-state index contributed by atoms with van der Waals surface area (Å²) in [4.78, 5) is 26.2. The molecule has 0 radical (unpaired) electrons. The molecule has 8 nitrogen and oxygen atoms in total. The van der Waals surface area contributed by atoms with Crippen molar-refractivity contribution in [1.29, 1.82) is 0 Å². The smallest absolute Gasteiger partial charge is 0.407 e. The molecular formula is C34H45ClN2O6SSi. The van der Waals surface area contributed by atoms with Crippen molar-refractivity contribution in [3.05, 3.63) is 56.1 Å². The number of methoxy groups -OCH3 is 2. The number of carbonyl (C=O) groups excluding carboxylic acids is 1. The number of fused-ring (bicyclic) bond motifs is 3. The highest BCUT2D eigenvalue weighted by molar-refractivity contribution is 7.23. The van der Waals surface area contributed by atoms with Gasteiger partial charge in [-0.25, -0.2) is 4.79 Å². The lowest BCUT2D eigenvalue weighted by atomic mass is 9.92. The maximum atomic E-state index is 14.0. The van der Waals surface area contributed by atoms with Crippen LogP contribution in [-0.2, 0) is 16.2 Å². The zero-order chi connectivity index (χ0) is 33.3. The number of pyridine rings is 1. The Morgan fingerprint density at radius 3 is 2.33 bits per heavy atom. The molecule has 1 amide bonds. The highest BCUT2D eigenvalue weighted by Crippen LogP contribution is 2.49. The van der Waals surface area contributed by atoms with Crippen molar-refractivity contribution in [2.75, 3.05) is 27.4 Å². The van der Waals surface area contributed by atoms with Crippen molar-refractivity contribution in [3.8, 4) is 22.6 Å². The molecule has 1 N–H and O–H groups in total. The Morgan fingerprint density at radius 1 is 1.09 bits per heavy atom. The van der Waals surface area contributed by atoms with E-state index >= 15 is 0 Å². The zero-order valence-corrected chi connectivity index (χ0v) is 30.5. The van der Waals surface area contributed by atoms with Crippen LogP contribution in [0.25, 0.3) is 32.1 Å². The summed E-state index contributed by atoms with van der Waals surface area (Å²) in [6.45, 7) is 17.6. The Morgan fingerprint density at radius 2 is 1.76 bits per heavy atom. The van der Waals surface area contributed by atoms with Gasteiger partial charge in [-0.05, 0) is 62.4 Å². The summed E-state index contributed by atoms with van der Waals surface area (Å²) in [5.74, 6) is 1.19. The van der Waals surface area contributed by atoms with Crippen LogP contribution in [0.1, 0.15) is 44.7 Å². The number of halogens is 1. The van der Waals surface area contributed by atoms with Crippen molar-refractivity contribution < 1.29 is 23.7 Å². The average Bonchev–Trinajstić information content (AvgIpc) is 3.30. The van der Waals surface area contributed by atoms with Crippen LogP contribution < -0.4 is 20.3 Å². The SMILES string of the molecule is COc1cc(C)c2c(c1-c1ccc(C(C)CNC(=O)OC(C)(C)C)cc1)c1c(OC)c(Cl)sc1c(=O)n2COCC[Si](C)(C)C. The zero-order valence-electron chi connectivity index (χ0n) is 28.0. The van der Waals surface area contributed by atoms with Crippen LogP contribution in [0.2, 0.25) is 30.0 Å². The number of nitrogens with zero attached hydrogens (tertiary/aromatic N) is 1. The minimum Gasteiger partial charge on any atom is -0.496 e. The van der Waals surface area contributed by atoms with E-state index in [-0.39, 0.29) is 18.2 Å². The van der Waals surface area contributed by atoms with E-state index in [0.717, 1.165) is 39.2 Å². The molecule has 2 aromatic carbocycles. The second-order valence-electron chi connectivity index (χ2n) is 13.6. The molecule has 0 aliphatic carbocycles. The van der Waals surface area contributed by atoms with Crippen molar-refractivity contribution in [3.63, 3.8) is 0 Å². The Labute approximate surface area is 275 Å². The molecule has 45 heavy (non-hydrogen) atoms. The van der Waals surface area contributed by atoms with Crippen LogP contribution in [0, 0.1) is 6.92 Å². The van der Waals surface area contributed by atoms with E-state index in [1.807, 2.05) is 58.0 Å². The Kier molecular flexibility index (Phi) is 10.6. The summed E-state index contributed by atoms with van der Waals surface area (Å²) in [6, 6.07) is 11.1. The highest BCUT2D eigenvalue weighted by Gasteiger charge is 2.26. The predicted molar refractivity (Wildman–Crippen MR) is 189 cm³/mol. The molecule has 11 heteroatoms. The van der Waals surface area contributed by atoms with Gasteiger partial charge in [-0.3, -0.25) is 9.36 Å². The number of hydrogen-bond donors (Lipinski definition) is 1. The van der Waals surface area contributed by atoms with Crippen LogP contribution in [0.15, 0.2) is 35.1 Å². The summed E-state index contributed by atoms with van der Waals surface area (Å²) >= 11 is 7.89. The van der Waals surface area contributed by atoms with E-state index in [9.17, 15) is 9.59 Å². The number of amides is 1. The molecule has 0 bridgehead atoms. The molecule has 2 aromatic heterocycles. The molecule has 2 heterocycles. The van der Waals surface area contributed by atoms with Crippen LogP contribution in [0.5, 0.6) is 11.5 Å². The Balaban J connectivity index is 1.85. The molecule has 0 spiro atoms.